The molecule has 0 unspecified atom stereocenters. The number of amides is 1. The second-order valence-corrected chi connectivity index (χ2v) is 5.96. The van der Waals surface area contributed by atoms with Crippen molar-refractivity contribution in [1.29, 1.82) is 0 Å². The summed E-state index contributed by atoms with van der Waals surface area (Å²) in [5, 5.41) is 0. The average Bonchev–Trinajstić information content (AvgIpc) is 2.59. The van der Waals surface area contributed by atoms with Crippen molar-refractivity contribution < 1.29 is 19.0 Å². The lowest BCUT2D eigenvalue weighted by molar-refractivity contribution is 0.0770. The fourth-order valence-corrected chi connectivity index (χ4v) is 2.60. The first-order valence-corrected chi connectivity index (χ1v) is 8.13. The van der Waals surface area contributed by atoms with Crippen molar-refractivity contribution in [2.45, 2.75) is 13.8 Å². The lowest BCUT2D eigenvalue weighted by Gasteiger charge is -2.19. The van der Waals surface area contributed by atoms with Gasteiger partial charge in [0.15, 0.2) is 0 Å². The molecule has 25 heavy (non-hydrogen) atoms. The van der Waals surface area contributed by atoms with Crippen molar-refractivity contribution in [2.75, 3.05) is 34.4 Å². The molecule has 0 bridgehead atoms. The molecule has 134 valence electrons. The topological polar surface area (TPSA) is 48.0 Å². The molecule has 2 aromatic carbocycles. The third kappa shape index (κ3) is 4.89. The number of methoxy groups -OCH3 is 2. The summed E-state index contributed by atoms with van der Waals surface area (Å²) in [6.45, 7) is 4.96. The first-order chi connectivity index (χ1) is 11.9. The standard InChI is InChI=1S/C20H25NO4/c1-14-10-15(2)12-17(11-14)25-9-8-21(3)20(22)18-7-6-16(23-4)13-19(18)24-5/h6-7,10-13H,8-9H2,1-5H3. The molecule has 0 saturated carbocycles. The summed E-state index contributed by atoms with van der Waals surface area (Å²) in [7, 11) is 4.86. The molecule has 5 nitrogen and oxygen atoms in total. The highest BCUT2D eigenvalue weighted by atomic mass is 16.5. The second-order valence-electron chi connectivity index (χ2n) is 5.96. The van der Waals surface area contributed by atoms with E-state index in [1.165, 1.54) is 7.11 Å². The Morgan fingerprint density at radius 2 is 1.64 bits per heavy atom. The van der Waals surface area contributed by atoms with E-state index >= 15 is 0 Å². The third-order valence-corrected chi connectivity index (χ3v) is 3.88. The maximum Gasteiger partial charge on any atom is 0.257 e. The van der Waals surface area contributed by atoms with E-state index in [-0.39, 0.29) is 5.91 Å². The highest BCUT2D eigenvalue weighted by molar-refractivity contribution is 5.97. The number of benzene rings is 2. The predicted octanol–water partition coefficient (Wildman–Crippen LogP) is 3.47. The van der Waals surface area contributed by atoms with Crippen molar-refractivity contribution >= 4 is 5.91 Å². The van der Waals surface area contributed by atoms with Gasteiger partial charge in [0, 0.05) is 13.1 Å². The highest BCUT2D eigenvalue weighted by Gasteiger charge is 2.17. The van der Waals surface area contributed by atoms with Crippen LogP contribution in [-0.4, -0.2) is 45.2 Å². The molecule has 0 fully saturated rings. The van der Waals surface area contributed by atoms with Gasteiger partial charge in [-0.1, -0.05) is 6.07 Å². The van der Waals surface area contributed by atoms with Crippen LogP contribution in [0.3, 0.4) is 0 Å². The summed E-state index contributed by atoms with van der Waals surface area (Å²) in [4.78, 5) is 14.2. The number of carbonyl (C=O) groups excluding carboxylic acids is 1. The van der Waals surface area contributed by atoms with Crippen LogP contribution >= 0.6 is 0 Å². The van der Waals surface area contributed by atoms with Crippen molar-refractivity contribution in [3.8, 4) is 17.2 Å². The molecule has 0 saturated heterocycles. The van der Waals surface area contributed by atoms with Crippen molar-refractivity contribution in [3.05, 3.63) is 53.1 Å². The van der Waals surface area contributed by atoms with Crippen molar-refractivity contribution in [1.82, 2.24) is 4.90 Å². The van der Waals surface area contributed by atoms with Crippen LogP contribution in [0.1, 0.15) is 21.5 Å². The Hall–Kier alpha value is -2.69. The normalized spacial score (nSPS) is 10.3. The van der Waals surface area contributed by atoms with Gasteiger partial charge in [-0.25, -0.2) is 0 Å². The number of hydrogen-bond donors (Lipinski definition) is 0. The van der Waals surface area contributed by atoms with Gasteiger partial charge in [-0.15, -0.1) is 0 Å². The van der Waals surface area contributed by atoms with Gasteiger partial charge in [0.1, 0.15) is 23.9 Å². The van der Waals surface area contributed by atoms with E-state index < -0.39 is 0 Å². The quantitative estimate of drug-likeness (QED) is 0.772. The molecule has 0 spiro atoms. The van der Waals surface area contributed by atoms with E-state index in [1.807, 2.05) is 26.0 Å². The van der Waals surface area contributed by atoms with E-state index in [2.05, 4.69) is 6.07 Å². The molecule has 0 radical (unpaired) electrons. The van der Waals surface area contributed by atoms with Gasteiger partial charge in [-0.2, -0.15) is 0 Å². The fourth-order valence-electron chi connectivity index (χ4n) is 2.60. The smallest absolute Gasteiger partial charge is 0.257 e. The molecular weight excluding hydrogens is 318 g/mol. The Bertz CT molecular complexity index is 722. The monoisotopic (exact) mass is 343 g/mol. The van der Waals surface area contributed by atoms with Gasteiger partial charge in [-0.3, -0.25) is 4.79 Å². The van der Waals surface area contributed by atoms with Crippen LogP contribution in [0.5, 0.6) is 17.2 Å². The Balaban J connectivity index is 1.98. The van der Waals surface area contributed by atoms with Crippen LogP contribution < -0.4 is 14.2 Å². The van der Waals surface area contributed by atoms with E-state index in [9.17, 15) is 4.79 Å². The summed E-state index contributed by atoms with van der Waals surface area (Å²) >= 11 is 0. The van der Waals surface area contributed by atoms with Crippen LogP contribution in [0.2, 0.25) is 0 Å². The van der Waals surface area contributed by atoms with Crippen LogP contribution in [0.25, 0.3) is 0 Å². The van der Waals surface area contributed by atoms with Crippen LogP contribution in [0, 0.1) is 13.8 Å². The van der Waals surface area contributed by atoms with Gasteiger partial charge in [0.05, 0.1) is 26.3 Å². The number of hydrogen-bond acceptors (Lipinski definition) is 4. The fraction of sp³-hybridized carbons (Fsp3) is 0.350. The number of likely N-dealkylation sites (N-methyl/N-ethyl adjacent to an activating group) is 1. The molecule has 5 heteroatoms. The molecule has 0 atom stereocenters. The van der Waals surface area contributed by atoms with E-state index in [1.54, 1.807) is 37.3 Å². The molecule has 0 aliphatic heterocycles. The maximum absolute atomic E-state index is 12.6. The summed E-state index contributed by atoms with van der Waals surface area (Å²) in [5.74, 6) is 1.84. The zero-order valence-corrected chi connectivity index (χ0v) is 15.5. The maximum atomic E-state index is 12.6. The number of nitrogens with zero attached hydrogens (tertiary/aromatic N) is 1. The minimum absolute atomic E-state index is 0.122. The number of aryl methyl sites for hydroxylation is 2. The van der Waals surface area contributed by atoms with Crippen LogP contribution in [-0.2, 0) is 0 Å². The Morgan fingerprint density at radius 3 is 2.24 bits per heavy atom. The lowest BCUT2D eigenvalue weighted by Crippen LogP contribution is -2.31. The summed E-state index contributed by atoms with van der Waals surface area (Å²) < 4.78 is 16.2. The first kappa shape index (κ1) is 18.6. The molecule has 0 aliphatic rings. The van der Waals surface area contributed by atoms with Gasteiger partial charge >= 0.3 is 0 Å². The first-order valence-electron chi connectivity index (χ1n) is 8.13. The zero-order chi connectivity index (χ0) is 18.4. The second kappa shape index (κ2) is 8.42. The molecule has 0 N–H and O–H groups in total. The van der Waals surface area contributed by atoms with Crippen molar-refractivity contribution in [3.63, 3.8) is 0 Å². The summed E-state index contributed by atoms with van der Waals surface area (Å²) in [6.07, 6.45) is 0. The Morgan fingerprint density at radius 1 is 0.960 bits per heavy atom. The summed E-state index contributed by atoms with van der Waals surface area (Å²) in [6, 6.07) is 11.2. The zero-order valence-electron chi connectivity index (χ0n) is 15.5. The number of carbonyl (C=O) groups is 1. The van der Waals surface area contributed by atoms with E-state index in [0.717, 1.165) is 16.9 Å². The molecule has 0 aromatic heterocycles. The van der Waals surface area contributed by atoms with Gasteiger partial charge in [-0.05, 0) is 49.2 Å². The van der Waals surface area contributed by atoms with Crippen LogP contribution in [0.4, 0.5) is 0 Å². The molecule has 0 heterocycles. The van der Waals surface area contributed by atoms with E-state index in [4.69, 9.17) is 14.2 Å². The third-order valence-electron chi connectivity index (χ3n) is 3.88. The van der Waals surface area contributed by atoms with Gasteiger partial charge in [0.2, 0.25) is 0 Å². The van der Waals surface area contributed by atoms with Gasteiger partial charge in [0.25, 0.3) is 5.91 Å². The SMILES string of the molecule is COc1ccc(C(=O)N(C)CCOc2cc(C)cc(C)c2)c(OC)c1. The Kier molecular flexibility index (Phi) is 6.28. The summed E-state index contributed by atoms with van der Waals surface area (Å²) in [5.41, 5.74) is 2.81. The average molecular weight is 343 g/mol. The lowest BCUT2D eigenvalue weighted by atomic mass is 10.1. The molecule has 2 rings (SSSR count). The largest absolute Gasteiger partial charge is 0.497 e. The molecular formula is C20H25NO4. The van der Waals surface area contributed by atoms with Crippen molar-refractivity contribution in [2.24, 2.45) is 0 Å². The van der Waals surface area contributed by atoms with Gasteiger partial charge < -0.3 is 19.1 Å². The minimum atomic E-state index is -0.122. The highest BCUT2D eigenvalue weighted by Crippen LogP contribution is 2.25. The molecule has 1 amide bonds. The molecule has 2 aromatic rings. The number of rotatable bonds is 7. The number of ether oxygens (including phenoxy) is 3. The predicted molar refractivity (Wildman–Crippen MR) is 97.9 cm³/mol. The Labute approximate surface area is 149 Å². The minimum Gasteiger partial charge on any atom is -0.497 e. The van der Waals surface area contributed by atoms with Crippen LogP contribution in [0.15, 0.2) is 36.4 Å². The molecule has 0 aliphatic carbocycles. The van der Waals surface area contributed by atoms with E-state index in [0.29, 0.717) is 30.2 Å².